The van der Waals surface area contributed by atoms with Gasteiger partial charge >= 0.3 is 0 Å². The van der Waals surface area contributed by atoms with Gasteiger partial charge in [-0.15, -0.1) is 0 Å². The summed E-state index contributed by atoms with van der Waals surface area (Å²) >= 11 is 0. The number of benzene rings is 2. The summed E-state index contributed by atoms with van der Waals surface area (Å²) in [5.74, 6) is 0.762. The van der Waals surface area contributed by atoms with Crippen LogP contribution in [0, 0.1) is 5.82 Å². The Labute approximate surface area is 109 Å². The number of hydrogen-bond acceptors (Lipinski definition) is 1. The molecule has 94 valence electrons. The lowest BCUT2D eigenvalue weighted by Gasteiger charge is -2.03. The van der Waals surface area contributed by atoms with Gasteiger partial charge in [-0.1, -0.05) is 42.5 Å². The van der Waals surface area contributed by atoms with Crippen molar-refractivity contribution in [2.45, 2.75) is 12.2 Å². The highest BCUT2D eigenvalue weighted by Crippen LogP contribution is 2.08. The first-order valence-electron chi connectivity index (χ1n) is 5.87. The number of hydrogen-bond donors (Lipinski definition) is 0. The van der Waals surface area contributed by atoms with Crippen LogP contribution >= 0.6 is 0 Å². The van der Waals surface area contributed by atoms with Gasteiger partial charge in [0.05, 0.1) is 0 Å². The molecule has 0 aromatic heterocycles. The van der Waals surface area contributed by atoms with Gasteiger partial charge in [0.1, 0.15) is 5.82 Å². The lowest BCUT2D eigenvalue weighted by molar-refractivity contribution is 0.626. The fourth-order valence-electron chi connectivity index (χ4n) is 1.76. The molecule has 3 heteroatoms. The quantitative estimate of drug-likeness (QED) is 0.808. The summed E-state index contributed by atoms with van der Waals surface area (Å²) in [6.07, 6.45) is 0.794. The molecule has 0 aliphatic heterocycles. The zero-order valence-corrected chi connectivity index (χ0v) is 10.8. The van der Waals surface area contributed by atoms with E-state index in [2.05, 4.69) is 0 Å². The molecule has 18 heavy (non-hydrogen) atoms. The van der Waals surface area contributed by atoms with Crippen molar-refractivity contribution in [3.63, 3.8) is 0 Å². The van der Waals surface area contributed by atoms with Crippen molar-refractivity contribution in [1.82, 2.24) is 0 Å². The van der Waals surface area contributed by atoms with Crippen LogP contribution in [0.15, 0.2) is 54.6 Å². The van der Waals surface area contributed by atoms with Gasteiger partial charge in [-0.25, -0.2) is 4.39 Å². The molecule has 0 amide bonds. The van der Waals surface area contributed by atoms with Crippen LogP contribution in [0.4, 0.5) is 4.39 Å². The first-order valence-corrected chi connectivity index (χ1v) is 7.36. The largest absolute Gasteiger partial charge is 0.259 e. The van der Waals surface area contributed by atoms with Crippen molar-refractivity contribution in [1.29, 1.82) is 0 Å². The summed E-state index contributed by atoms with van der Waals surface area (Å²) in [5.41, 5.74) is 1.98. The van der Waals surface area contributed by atoms with E-state index < -0.39 is 10.8 Å². The molecule has 2 rings (SSSR count). The van der Waals surface area contributed by atoms with E-state index in [1.54, 1.807) is 6.07 Å². The van der Waals surface area contributed by atoms with Gasteiger partial charge in [-0.05, 0) is 29.7 Å². The monoisotopic (exact) mass is 262 g/mol. The van der Waals surface area contributed by atoms with E-state index in [4.69, 9.17) is 0 Å². The summed E-state index contributed by atoms with van der Waals surface area (Å²) in [4.78, 5) is 0. The van der Waals surface area contributed by atoms with Gasteiger partial charge in [0.2, 0.25) is 0 Å². The minimum absolute atomic E-state index is 0.271. The Morgan fingerprint density at radius 1 is 0.944 bits per heavy atom. The highest BCUT2D eigenvalue weighted by atomic mass is 32.2. The van der Waals surface area contributed by atoms with E-state index >= 15 is 0 Å². The minimum atomic E-state index is -0.946. The molecule has 1 nitrogen and oxygen atoms in total. The summed E-state index contributed by atoms with van der Waals surface area (Å²) in [6, 6.07) is 16.3. The summed E-state index contributed by atoms with van der Waals surface area (Å²) < 4.78 is 24.9. The standard InChI is InChI=1S/C15H15FOS/c16-15-8-4-7-14(11-15)12-18(17)10-9-13-5-2-1-3-6-13/h1-8,11H,9-10,12H2. The maximum Gasteiger partial charge on any atom is 0.123 e. The average Bonchev–Trinajstić information content (AvgIpc) is 2.38. The predicted octanol–water partition coefficient (Wildman–Crippen LogP) is 3.32. The van der Waals surface area contributed by atoms with E-state index in [1.165, 1.54) is 17.7 Å². The SMILES string of the molecule is O=S(CCc1ccccc1)Cc1cccc(F)c1. The van der Waals surface area contributed by atoms with Crippen molar-refractivity contribution in [3.8, 4) is 0 Å². The topological polar surface area (TPSA) is 17.1 Å². The van der Waals surface area contributed by atoms with Gasteiger partial charge in [-0.3, -0.25) is 4.21 Å². The average molecular weight is 262 g/mol. The fraction of sp³-hybridized carbons (Fsp3) is 0.200. The first kappa shape index (κ1) is 13.0. The smallest absolute Gasteiger partial charge is 0.123 e. The third-order valence-electron chi connectivity index (χ3n) is 2.68. The molecule has 1 unspecified atom stereocenters. The third kappa shape index (κ3) is 4.08. The van der Waals surface area contributed by atoms with Crippen LogP contribution in [0.3, 0.4) is 0 Å². The van der Waals surface area contributed by atoms with E-state index in [-0.39, 0.29) is 5.82 Å². The Hall–Kier alpha value is -1.48. The molecule has 0 spiro atoms. The third-order valence-corrected chi connectivity index (χ3v) is 3.99. The predicted molar refractivity (Wildman–Crippen MR) is 73.3 cm³/mol. The molecule has 1 atom stereocenters. The Balaban J connectivity index is 1.86. The second kappa shape index (κ2) is 6.45. The van der Waals surface area contributed by atoms with Crippen molar-refractivity contribution >= 4 is 10.8 Å². The normalized spacial score (nSPS) is 12.3. The van der Waals surface area contributed by atoms with Gasteiger partial charge in [0.15, 0.2) is 0 Å². The molecule has 2 aromatic rings. The number of rotatable bonds is 5. The van der Waals surface area contributed by atoms with Crippen molar-refractivity contribution < 1.29 is 8.60 Å². The Morgan fingerprint density at radius 2 is 1.67 bits per heavy atom. The zero-order chi connectivity index (χ0) is 12.8. The second-order valence-electron chi connectivity index (χ2n) is 4.15. The first-order chi connectivity index (χ1) is 8.74. The molecule has 0 saturated heterocycles. The van der Waals surface area contributed by atoms with E-state index in [9.17, 15) is 8.60 Å². The van der Waals surface area contributed by atoms with Crippen LogP contribution in [-0.4, -0.2) is 9.96 Å². The molecule has 0 bridgehead atoms. The Kier molecular flexibility index (Phi) is 4.65. The number of aryl methyl sites for hydroxylation is 1. The minimum Gasteiger partial charge on any atom is -0.259 e. The molecule has 0 fully saturated rings. The maximum atomic E-state index is 13.0. The highest BCUT2D eigenvalue weighted by molar-refractivity contribution is 7.84. The summed E-state index contributed by atoms with van der Waals surface area (Å²) in [6.45, 7) is 0. The molecule has 0 radical (unpaired) electrons. The molecule has 2 aromatic carbocycles. The van der Waals surface area contributed by atoms with Gasteiger partial charge in [0, 0.05) is 22.3 Å². The summed E-state index contributed by atoms with van der Waals surface area (Å²) in [7, 11) is -0.946. The van der Waals surface area contributed by atoms with E-state index in [0.717, 1.165) is 12.0 Å². The molecule has 0 aliphatic rings. The molecule has 0 N–H and O–H groups in total. The van der Waals surface area contributed by atoms with Crippen molar-refractivity contribution in [3.05, 3.63) is 71.5 Å². The van der Waals surface area contributed by atoms with E-state index in [0.29, 0.717) is 11.5 Å². The Morgan fingerprint density at radius 3 is 2.39 bits per heavy atom. The highest BCUT2D eigenvalue weighted by Gasteiger charge is 2.03. The van der Waals surface area contributed by atoms with Gasteiger partial charge < -0.3 is 0 Å². The lowest BCUT2D eigenvalue weighted by Crippen LogP contribution is -2.04. The van der Waals surface area contributed by atoms with Crippen LogP contribution in [0.25, 0.3) is 0 Å². The van der Waals surface area contributed by atoms with E-state index in [1.807, 2.05) is 36.4 Å². The fourth-order valence-corrected chi connectivity index (χ4v) is 2.92. The van der Waals surface area contributed by atoms with Crippen LogP contribution in [0.1, 0.15) is 11.1 Å². The van der Waals surface area contributed by atoms with Crippen molar-refractivity contribution in [2.75, 3.05) is 5.75 Å². The van der Waals surface area contributed by atoms with Crippen LogP contribution in [0.5, 0.6) is 0 Å². The second-order valence-corrected chi connectivity index (χ2v) is 5.73. The molecule has 0 heterocycles. The molecule has 0 saturated carbocycles. The molecular formula is C15H15FOS. The zero-order valence-electron chi connectivity index (χ0n) is 10.0. The van der Waals surface area contributed by atoms with Gasteiger partial charge in [0.25, 0.3) is 0 Å². The molecule has 0 aliphatic carbocycles. The number of halogens is 1. The Bertz CT molecular complexity index is 525. The van der Waals surface area contributed by atoms with Gasteiger partial charge in [-0.2, -0.15) is 0 Å². The lowest BCUT2D eigenvalue weighted by atomic mass is 10.2. The maximum absolute atomic E-state index is 13.0. The summed E-state index contributed by atoms with van der Waals surface area (Å²) in [5, 5.41) is 0. The van der Waals surface area contributed by atoms with Crippen molar-refractivity contribution in [2.24, 2.45) is 0 Å². The van der Waals surface area contributed by atoms with Crippen LogP contribution < -0.4 is 0 Å². The van der Waals surface area contributed by atoms with Crippen LogP contribution in [0.2, 0.25) is 0 Å². The molecular weight excluding hydrogens is 247 g/mol. The van der Waals surface area contributed by atoms with Crippen LogP contribution in [-0.2, 0) is 23.0 Å².